The van der Waals surface area contributed by atoms with Gasteiger partial charge in [0.15, 0.2) is 17.2 Å². The molecule has 0 radical (unpaired) electrons. The van der Waals surface area contributed by atoms with E-state index in [-0.39, 0.29) is 45.9 Å². The van der Waals surface area contributed by atoms with Gasteiger partial charge < -0.3 is 25.3 Å². The lowest BCUT2D eigenvalue weighted by Crippen LogP contribution is -2.51. The number of carbonyl (C=O) groups excluding carboxylic acids is 1. The first-order valence-electron chi connectivity index (χ1n) is 12.2. The zero-order valence-corrected chi connectivity index (χ0v) is 20.8. The number of hydrogen-bond donors (Lipinski definition) is 2. The minimum absolute atomic E-state index is 0.00809. The Morgan fingerprint density at radius 1 is 1.22 bits per heavy atom. The lowest BCUT2D eigenvalue weighted by molar-refractivity contribution is -0.0768. The zero-order chi connectivity index (χ0) is 25.9. The summed E-state index contributed by atoms with van der Waals surface area (Å²) in [6.45, 7) is 1.04. The number of nitrogens with two attached hydrogens (primary N) is 1. The number of halogens is 3. The molecule has 9 heteroatoms. The van der Waals surface area contributed by atoms with Crippen LogP contribution in [0, 0.1) is 11.6 Å². The molecule has 3 heterocycles. The molecule has 1 fully saturated rings. The third-order valence-corrected chi connectivity index (χ3v) is 7.99. The van der Waals surface area contributed by atoms with Gasteiger partial charge in [-0.1, -0.05) is 41.9 Å². The minimum Gasteiger partial charge on any atom is -0.490 e. The van der Waals surface area contributed by atoms with Gasteiger partial charge in [0, 0.05) is 41.9 Å². The molecule has 1 saturated heterocycles. The summed E-state index contributed by atoms with van der Waals surface area (Å²) < 4.78 is 49.7. The summed E-state index contributed by atoms with van der Waals surface area (Å²) >= 11 is 6.57. The van der Waals surface area contributed by atoms with Crippen LogP contribution in [-0.4, -0.2) is 32.2 Å². The van der Waals surface area contributed by atoms with E-state index >= 15 is 8.78 Å². The van der Waals surface area contributed by atoms with Crippen LogP contribution in [0.3, 0.4) is 0 Å². The Kier molecular flexibility index (Phi) is 5.86. The molecule has 1 amide bonds. The SMILES string of the molecule is CO[C@H]1c2c(cc(F)c(Cl)c2-c2c(C(N)=O)cc3c(c2F)OCC3)O[C@@]1(c1ccccc1)[C@@H]1CCCN1. The molecule has 37 heavy (non-hydrogen) atoms. The summed E-state index contributed by atoms with van der Waals surface area (Å²) in [5, 5.41) is 3.15. The zero-order valence-electron chi connectivity index (χ0n) is 20.1. The number of methoxy groups -OCH3 is 1. The number of carbonyl (C=O) groups is 1. The highest BCUT2D eigenvalue weighted by atomic mass is 35.5. The molecule has 0 aromatic heterocycles. The highest BCUT2D eigenvalue weighted by Crippen LogP contribution is 2.59. The molecule has 3 aliphatic heterocycles. The van der Waals surface area contributed by atoms with Crippen LogP contribution in [0.1, 0.15) is 46.0 Å². The van der Waals surface area contributed by atoms with Gasteiger partial charge >= 0.3 is 0 Å². The van der Waals surface area contributed by atoms with Crippen molar-refractivity contribution < 1.29 is 27.8 Å². The third-order valence-electron chi connectivity index (χ3n) is 7.62. The van der Waals surface area contributed by atoms with E-state index in [9.17, 15) is 4.79 Å². The van der Waals surface area contributed by atoms with Crippen molar-refractivity contribution >= 4 is 17.5 Å². The molecule has 192 valence electrons. The smallest absolute Gasteiger partial charge is 0.249 e. The van der Waals surface area contributed by atoms with Gasteiger partial charge in [-0.15, -0.1) is 0 Å². The van der Waals surface area contributed by atoms with Gasteiger partial charge in [-0.05, 0) is 31.0 Å². The maximum atomic E-state index is 16.1. The van der Waals surface area contributed by atoms with E-state index in [1.807, 2.05) is 30.3 Å². The molecule has 0 bridgehead atoms. The van der Waals surface area contributed by atoms with Gasteiger partial charge in [-0.25, -0.2) is 8.78 Å². The Balaban J connectivity index is 1.67. The Morgan fingerprint density at radius 3 is 2.68 bits per heavy atom. The van der Waals surface area contributed by atoms with Gasteiger partial charge in [-0.2, -0.15) is 0 Å². The van der Waals surface area contributed by atoms with E-state index in [4.69, 9.17) is 31.5 Å². The molecule has 0 aliphatic carbocycles. The number of fused-ring (bicyclic) bond motifs is 2. The molecular weight excluding hydrogens is 502 g/mol. The average molecular weight is 527 g/mol. The van der Waals surface area contributed by atoms with Crippen molar-refractivity contribution in [1.29, 1.82) is 0 Å². The molecule has 3 aliphatic rings. The first-order valence-corrected chi connectivity index (χ1v) is 12.6. The molecule has 3 atom stereocenters. The normalized spacial score (nSPS) is 23.9. The molecule has 3 N–H and O–H groups in total. The summed E-state index contributed by atoms with van der Waals surface area (Å²) in [6, 6.07) is 12.0. The van der Waals surface area contributed by atoms with Crippen molar-refractivity contribution in [3.63, 3.8) is 0 Å². The number of primary amides is 1. The topological polar surface area (TPSA) is 82.8 Å². The highest BCUT2D eigenvalue weighted by Gasteiger charge is 2.57. The molecule has 6 rings (SSSR count). The fourth-order valence-corrected chi connectivity index (χ4v) is 6.34. The second kappa shape index (κ2) is 8.97. The van der Waals surface area contributed by atoms with Crippen LogP contribution >= 0.6 is 11.6 Å². The molecule has 3 aromatic carbocycles. The maximum Gasteiger partial charge on any atom is 0.249 e. The molecule has 0 unspecified atom stereocenters. The summed E-state index contributed by atoms with van der Waals surface area (Å²) in [5.41, 5.74) is 5.94. The second-order valence-electron chi connectivity index (χ2n) is 9.55. The first-order chi connectivity index (χ1) is 17.9. The van der Waals surface area contributed by atoms with E-state index in [0.29, 0.717) is 17.5 Å². The average Bonchev–Trinajstić information content (AvgIpc) is 3.65. The van der Waals surface area contributed by atoms with Gasteiger partial charge in [0.25, 0.3) is 0 Å². The summed E-state index contributed by atoms with van der Waals surface area (Å²) in [7, 11) is 1.52. The van der Waals surface area contributed by atoms with Crippen molar-refractivity contribution in [1.82, 2.24) is 5.32 Å². The van der Waals surface area contributed by atoms with Gasteiger partial charge in [0.1, 0.15) is 17.7 Å². The van der Waals surface area contributed by atoms with Crippen LogP contribution in [0.5, 0.6) is 11.5 Å². The van der Waals surface area contributed by atoms with Gasteiger partial charge in [0.2, 0.25) is 5.91 Å². The molecule has 0 spiro atoms. The van der Waals surface area contributed by atoms with Crippen LogP contribution in [-0.2, 0) is 16.8 Å². The van der Waals surface area contributed by atoms with Crippen LogP contribution in [0.2, 0.25) is 5.02 Å². The molecule has 3 aromatic rings. The largest absolute Gasteiger partial charge is 0.490 e. The summed E-state index contributed by atoms with van der Waals surface area (Å²) in [4.78, 5) is 12.6. The number of benzene rings is 3. The van der Waals surface area contributed by atoms with Gasteiger partial charge in [0.05, 0.1) is 23.2 Å². The second-order valence-corrected chi connectivity index (χ2v) is 9.93. The lowest BCUT2D eigenvalue weighted by Gasteiger charge is -2.39. The van der Waals surface area contributed by atoms with Crippen LogP contribution < -0.4 is 20.5 Å². The van der Waals surface area contributed by atoms with Gasteiger partial charge in [-0.3, -0.25) is 4.79 Å². The number of nitrogens with one attached hydrogen (secondary N) is 1. The number of ether oxygens (including phenoxy) is 3. The van der Waals surface area contributed by atoms with E-state index in [2.05, 4.69) is 5.32 Å². The van der Waals surface area contributed by atoms with Crippen molar-refractivity contribution in [2.24, 2.45) is 5.73 Å². The van der Waals surface area contributed by atoms with E-state index in [1.165, 1.54) is 19.2 Å². The molecule has 0 saturated carbocycles. The molecular formula is C28H25ClF2N2O4. The highest BCUT2D eigenvalue weighted by molar-refractivity contribution is 6.34. The lowest BCUT2D eigenvalue weighted by atomic mass is 9.77. The fraction of sp³-hybridized carbons (Fsp3) is 0.321. The minimum atomic E-state index is -1.10. The third kappa shape index (κ3) is 3.46. The first kappa shape index (κ1) is 24.2. The van der Waals surface area contributed by atoms with Crippen molar-refractivity contribution in [3.05, 3.63) is 81.4 Å². The maximum absolute atomic E-state index is 16.1. The van der Waals surface area contributed by atoms with E-state index < -0.39 is 29.2 Å². The standard InChI is InChI=1S/C28H25ClF2N2O4/c1-35-26-21-18(37-28(26,19-8-5-10-33-19)15-6-3-2-4-7-15)13-17(30)23(29)22(21)20-16(27(32)34)12-14-9-11-36-25(14)24(20)31/h2-4,6-7,12-13,19,26,33H,5,8-11H2,1H3,(H2,32,34)/t19-,26-,28-/m0/s1. The number of amides is 1. The Bertz CT molecular complexity index is 1410. The predicted molar refractivity (Wildman–Crippen MR) is 134 cm³/mol. The van der Waals surface area contributed by atoms with Crippen molar-refractivity contribution in [3.8, 4) is 22.6 Å². The van der Waals surface area contributed by atoms with Crippen LogP contribution in [0.25, 0.3) is 11.1 Å². The summed E-state index contributed by atoms with van der Waals surface area (Å²) in [6.07, 6.45) is 1.31. The van der Waals surface area contributed by atoms with Crippen molar-refractivity contribution in [2.75, 3.05) is 20.3 Å². The Hall–Kier alpha value is -3.20. The van der Waals surface area contributed by atoms with E-state index in [0.717, 1.165) is 24.9 Å². The predicted octanol–water partition coefficient (Wildman–Crippen LogP) is 5.05. The monoisotopic (exact) mass is 526 g/mol. The summed E-state index contributed by atoms with van der Waals surface area (Å²) in [5.74, 6) is -2.32. The van der Waals surface area contributed by atoms with E-state index in [1.54, 1.807) is 0 Å². The molecule has 6 nitrogen and oxygen atoms in total. The quantitative estimate of drug-likeness (QED) is 0.486. The Morgan fingerprint density at radius 2 is 2.00 bits per heavy atom. The number of hydrogen-bond acceptors (Lipinski definition) is 5. The fourth-order valence-electron chi connectivity index (χ4n) is 6.09. The van der Waals surface area contributed by atoms with Crippen LogP contribution in [0.4, 0.5) is 8.78 Å². The Labute approximate surface area is 217 Å². The van der Waals surface area contributed by atoms with Crippen molar-refractivity contribution in [2.45, 2.75) is 37.0 Å². The van der Waals surface area contributed by atoms with Crippen LogP contribution in [0.15, 0.2) is 42.5 Å². The number of rotatable bonds is 5.